The summed E-state index contributed by atoms with van der Waals surface area (Å²) >= 11 is 0. The Labute approximate surface area is 179 Å². The molecule has 1 aliphatic heterocycles. The smallest absolute Gasteiger partial charge is 0.268 e. The number of rotatable bonds is 5. The molecule has 0 aliphatic carbocycles. The van der Waals surface area contributed by atoms with E-state index in [4.69, 9.17) is 9.47 Å². The molecule has 2 aromatic carbocycles. The summed E-state index contributed by atoms with van der Waals surface area (Å²) in [5.74, 6) is 0.139. The third-order valence-corrected chi connectivity index (χ3v) is 6.54. The minimum absolute atomic E-state index is 0.0254. The molecule has 8 nitrogen and oxygen atoms in total. The second-order valence-electron chi connectivity index (χ2n) is 7.32. The maximum absolute atomic E-state index is 13.6. The molecule has 1 aromatic heterocycles. The van der Waals surface area contributed by atoms with Gasteiger partial charge in [-0.3, -0.25) is 4.79 Å². The van der Waals surface area contributed by atoms with Crippen molar-refractivity contribution < 1.29 is 22.7 Å². The van der Waals surface area contributed by atoms with E-state index in [2.05, 4.69) is 0 Å². The molecule has 1 aliphatic rings. The van der Waals surface area contributed by atoms with E-state index in [0.717, 1.165) is 9.54 Å². The summed E-state index contributed by atoms with van der Waals surface area (Å²) in [7, 11) is -0.815. The molecule has 2 heterocycles. The lowest BCUT2D eigenvalue weighted by atomic mass is 10.1. The third kappa shape index (κ3) is 3.51. The second kappa shape index (κ2) is 7.49. The number of fused-ring (bicyclic) bond motifs is 2. The zero-order valence-corrected chi connectivity index (χ0v) is 17.9. The molecule has 4 rings (SSSR count). The molecule has 0 fully saturated rings. The molecular formula is C22H19N3O5S. The average molecular weight is 437 g/mol. The number of carbonyl (C=O) groups excluding carboxylic acids is 1. The summed E-state index contributed by atoms with van der Waals surface area (Å²) in [5, 5.41) is 9.97. The summed E-state index contributed by atoms with van der Waals surface area (Å²) in [6.45, 7) is 1.88. The fourth-order valence-electron chi connectivity index (χ4n) is 3.34. The number of carbonyl (C=O) groups is 1. The highest BCUT2D eigenvalue weighted by Gasteiger charge is 2.30. The van der Waals surface area contributed by atoms with Gasteiger partial charge in [-0.15, -0.1) is 0 Å². The van der Waals surface area contributed by atoms with Crippen molar-refractivity contribution in [3.8, 4) is 17.6 Å². The Kier molecular flexibility index (Phi) is 4.95. The van der Waals surface area contributed by atoms with Crippen LogP contribution in [0.2, 0.25) is 0 Å². The minimum atomic E-state index is -4.15. The highest BCUT2D eigenvalue weighted by Crippen LogP contribution is 2.38. The van der Waals surface area contributed by atoms with Crippen LogP contribution >= 0.6 is 0 Å². The maximum atomic E-state index is 13.6. The van der Waals surface area contributed by atoms with Gasteiger partial charge in [-0.2, -0.15) is 5.26 Å². The first-order valence-corrected chi connectivity index (χ1v) is 10.8. The van der Waals surface area contributed by atoms with E-state index in [1.165, 1.54) is 30.5 Å². The van der Waals surface area contributed by atoms with Gasteiger partial charge in [0.2, 0.25) is 12.6 Å². The van der Waals surface area contributed by atoms with Gasteiger partial charge >= 0.3 is 0 Å². The van der Waals surface area contributed by atoms with Gasteiger partial charge < -0.3 is 14.4 Å². The van der Waals surface area contributed by atoms with E-state index in [9.17, 15) is 18.5 Å². The summed E-state index contributed by atoms with van der Waals surface area (Å²) in [4.78, 5) is 14.8. The number of Topliss-reactive ketones (excluding diaryl/α,β-unsaturated/α-hetero) is 1. The van der Waals surface area contributed by atoms with Crippen LogP contribution in [-0.4, -0.2) is 44.0 Å². The van der Waals surface area contributed by atoms with Gasteiger partial charge in [0.15, 0.2) is 11.5 Å². The van der Waals surface area contributed by atoms with Crippen LogP contribution in [0.3, 0.4) is 0 Å². The Hall–Kier alpha value is -3.77. The summed E-state index contributed by atoms with van der Waals surface area (Å²) < 4.78 is 39.0. The predicted molar refractivity (Wildman–Crippen MR) is 114 cm³/mol. The first-order chi connectivity index (χ1) is 14.7. The summed E-state index contributed by atoms with van der Waals surface area (Å²) in [6.07, 6.45) is 1.36. The largest absolute Gasteiger partial charge is 0.454 e. The average Bonchev–Trinajstić information content (AvgIpc) is 3.33. The van der Waals surface area contributed by atoms with Gasteiger partial charge in [0.1, 0.15) is 17.3 Å². The van der Waals surface area contributed by atoms with Crippen molar-refractivity contribution in [1.82, 2.24) is 8.87 Å². The van der Waals surface area contributed by atoms with Gasteiger partial charge in [-0.1, -0.05) is 17.7 Å². The number of nitriles is 1. The van der Waals surface area contributed by atoms with E-state index in [-0.39, 0.29) is 28.5 Å². The Morgan fingerprint density at radius 1 is 1.13 bits per heavy atom. The van der Waals surface area contributed by atoms with Crippen LogP contribution in [-0.2, 0) is 10.0 Å². The molecule has 31 heavy (non-hydrogen) atoms. The Morgan fingerprint density at radius 3 is 2.39 bits per heavy atom. The number of ketones is 1. The zero-order chi connectivity index (χ0) is 22.3. The number of aryl methyl sites for hydroxylation is 1. The molecule has 0 N–H and O–H groups in total. The van der Waals surface area contributed by atoms with E-state index in [0.29, 0.717) is 16.9 Å². The quantitative estimate of drug-likeness (QED) is 0.343. The van der Waals surface area contributed by atoms with Gasteiger partial charge in [-0.25, -0.2) is 12.4 Å². The molecule has 0 spiro atoms. The molecule has 9 heteroatoms. The number of nitrogens with zero attached hydrogens (tertiary/aromatic N) is 3. The van der Waals surface area contributed by atoms with E-state index in [1.54, 1.807) is 37.2 Å². The normalized spacial score (nSPS) is 13.3. The van der Waals surface area contributed by atoms with E-state index < -0.39 is 15.8 Å². The fourth-order valence-corrected chi connectivity index (χ4v) is 4.84. The van der Waals surface area contributed by atoms with Crippen LogP contribution in [0.1, 0.15) is 16.1 Å². The molecule has 158 valence electrons. The molecule has 0 atom stereocenters. The summed E-state index contributed by atoms with van der Waals surface area (Å²) in [5.41, 5.74) is 0.828. The Bertz CT molecular complexity index is 1380. The topological polar surface area (TPSA) is 102 Å². The van der Waals surface area contributed by atoms with E-state index >= 15 is 0 Å². The van der Waals surface area contributed by atoms with Gasteiger partial charge in [0, 0.05) is 31.7 Å². The first kappa shape index (κ1) is 20.5. The number of benzene rings is 2. The lowest BCUT2D eigenvalue weighted by Crippen LogP contribution is -2.20. The van der Waals surface area contributed by atoms with Crippen molar-refractivity contribution in [1.29, 1.82) is 5.26 Å². The zero-order valence-electron chi connectivity index (χ0n) is 17.1. The fraction of sp³-hybridized carbons (Fsp3) is 0.182. The molecule has 0 saturated carbocycles. The second-order valence-corrected chi connectivity index (χ2v) is 9.11. The van der Waals surface area contributed by atoms with Crippen molar-refractivity contribution in [3.63, 3.8) is 0 Å². The molecule has 0 saturated heterocycles. The monoisotopic (exact) mass is 437 g/mol. The van der Waals surface area contributed by atoms with Crippen molar-refractivity contribution in [2.75, 3.05) is 20.9 Å². The van der Waals surface area contributed by atoms with Gasteiger partial charge in [0.05, 0.1) is 10.4 Å². The maximum Gasteiger partial charge on any atom is 0.268 e. The molecular weight excluding hydrogens is 418 g/mol. The van der Waals surface area contributed by atoms with Crippen LogP contribution in [0.4, 0.5) is 0 Å². The lowest BCUT2D eigenvalue weighted by molar-refractivity contribution is 0.103. The molecule has 0 radical (unpaired) electrons. The van der Waals surface area contributed by atoms with Crippen molar-refractivity contribution in [2.24, 2.45) is 0 Å². The van der Waals surface area contributed by atoms with Crippen LogP contribution in [0, 0.1) is 18.3 Å². The number of ether oxygens (including phenoxy) is 2. The Balaban J connectivity index is 2.02. The van der Waals surface area contributed by atoms with Crippen LogP contribution < -0.4 is 9.47 Å². The minimum Gasteiger partial charge on any atom is -0.454 e. The van der Waals surface area contributed by atoms with Crippen molar-refractivity contribution in [2.45, 2.75) is 11.8 Å². The number of hydrogen-bond acceptors (Lipinski definition) is 7. The standard InChI is InChI=1S/C22H19N3O5S/c1-14-4-6-17(7-5-14)31(27,28)25-18-10-21-20(29-13-30-21)9-15(18)8-19(25)22(26)16(11-23)12-24(2)3/h4-10,12H,13H2,1-3H3/b16-12-. The van der Waals surface area contributed by atoms with Crippen molar-refractivity contribution in [3.05, 3.63) is 65.5 Å². The first-order valence-electron chi connectivity index (χ1n) is 9.33. The van der Waals surface area contributed by atoms with Crippen LogP contribution in [0.15, 0.2) is 59.1 Å². The highest BCUT2D eigenvalue weighted by molar-refractivity contribution is 7.90. The number of hydrogen-bond donors (Lipinski definition) is 0. The van der Waals surface area contributed by atoms with Gasteiger partial charge in [0.25, 0.3) is 10.0 Å². The summed E-state index contributed by atoms with van der Waals surface area (Å²) in [6, 6.07) is 12.8. The molecule has 0 bridgehead atoms. The molecule has 0 amide bonds. The number of aromatic nitrogens is 1. The number of allylic oxidation sites excluding steroid dienone is 1. The van der Waals surface area contributed by atoms with Crippen LogP contribution in [0.5, 0.6) is 11.5 Å². The highest BCUT2D eigenvalue weighted by atomic mass is 32.2. The van der Waals surface area contributed by atoms with E-state index in [1.807, 2.05) is 13.0 Å². The SMILES string of the molecule is Cc1ccc(S(=O)(=O)n2c(C(=O)/C(C#N)=C\N(C)C)cc3cc4c(cc32)OCO4)cc1. The lowest BCUT2D eigenvalue weighted by Gasteiger charge is -2.12. The Morgan fingerprint density at radius 2 is 1.77 bits per heavy atom. The van der Waals surface area contributed by atoms with Crippen LogP contribution in [0.25, 0.3) is 10.9 Å². The molecule has 0 unspecified atom stereocenters. The van der Waals surface area contributed by atoms with Gasteiger partial charge in [-0.05, 0) is 31.2 Å². The third-order valence-electron chi connectivity index (χ3n) is 4.80. The van der Waals surface area contributed by atoms with Crippen molar-refractivity contribution >= 4 is 26.7 Å². The predicted octanol–water partition coefficient (Wildman–Crippen LogP) is 3.07. The molecule has 3 aromatic rings.